The maximum atomic E-state index is 13.4. The molecule has 3 heterocycles. The van der Waals surface area contributed by atoms with Crippen LogP contribution in [0.1, 0.15) is 17.2 Å². The van der Waals surface area contributed by atoms with Gasteiger partial charge < -0.3 is 4.74 Å². The van der Waals surface area contributed by atoms with E-state index >= 15 is 0 Å². The van der Waals surface area contributed by atoms with Crippen LogP contribution in [0.15, 0.2) is 54.7 Å². The van der Waals surface area contributed by atoms with Crippen LogP contribution in [0.4, 0.5) is 5.69 Å². The first-order valence-electron chi connectivity index (χ1n) is 9.21. The number of nitriles is 1. The summed E-state index contributed by atoms with van der Waals surface area (Å²) in [6.45, 7) is 0. The Hall–Kier alpha value is -3.43. The van der Waals surface area contributed by atoms with Gasteiger partial charge in [-0.1, -0.05) is 24.3 Å². The molecule has 3 aliphatic heterocycles. The highest BCUT2D eigenvalue weighted by Crippen LogP contribution is 2.44. The monoisotopic (exact) mass is 372 g/mol. The van der Waals surface area contributed by atoms with E-state index in [1.54, 1.807) is 31.4 Å². The van der Waals surface area contributed by atoms with Crippen molar-refractivity contribution >= 4 is 23.6 Å². The van der Waals surface area contributed by atoms with E-state index in [0.29, 0.717) is 11.4 Å². The normalized spacial score (nSPS) is 29.9. The van der Waals surface area contributed by atoms with Crippen molar-refractivity contribution in [2.24, 2.45) is 11.8 Å². The molecule has 2 amide bonds. The van der Waals surface area contributed by atoms with Crippen LogP contribution in [-0.4, -0.2) is 25.0 Å². The van der Waals surface area contributed by atoms with Crippen LogP contribution in [0, 0.1) is 23.2 Å². The van der Waals surface area contributed by atoms with Gasteiger partial charge in [-0.2, -0.15) is 5.26 Å². The zero-order valence-corrected chi connectivity index (χ0v) is 15.2. The minimum Gasteiger partial charge on any atom is -0.497 e. The van der Waals surface area contributed by atoms with Gasteiger partial charge in [-0.15, -0.1) is 0 Å². The van der Waals surface area contributed by atoms with Crippen molar-refractivity contribution in [1.29, 1.82) is 5.26 Å². The molecule has 2 aromatic rings. The quantitative estimate of drug-likeness (QED) is 0.807. The predicted molar refractivity (Wildman–Crippen MR) is 101 cm³/mol. The molecular weight excluding hydrogens is 354 g/mol. The Morgan fingerprint density at radius 2 is 1.75 bits per heavy atom. The van der Waals surface area contributed by atoms with Crippen LogP contribution < -0.4 is 14.5 Å². The van der Waals surface area contributed by atoms with Gasteiger partial charge in [0, 0.05) is 5.56 Å². The second-order valence-corrected chi connectivity index (χ2v) is 7.31. The lowest BCUT2D eigenvalue weighted by Gasteiger charge is -2.28. The van der Waals surface area contributed by atoms with Crippen molar-refractivity contribution in [3.8, 4) is 11.8 Å². The Bertz CT molecular complexity index is 1050. The van der Waals surface area contributed by atoms with Gasteiger partial charge >= 0.3 is 0 Å². The Kier molecular flexibility index (Phi) is 3.61. The highest BCUT2D eigenvalue weighted by atomic mass is 16.5. The fourth-order valence-corrected chi connectivity index (χ4v) is 4.87. The molecule has 0 aromatic heterocycles. The van der Waals surface area contributed by atoms with E-state index < -0.39 is 17.9 Å². The average Bonchev–Trinajstić information content (AvgIpc) is 3.20. The van der Waals surface area contributed by atoms with Crippen molar-refractivity contribution in [2.75, 3.05) is 12.0 Å². The van der Waals surface area contributed by atoms with Gasteiger partial charge in [-0.05, 0) is 35.9 Å². The van der Waals surface area contributed by atoms with Crippen molar-refractivity contribution in [3.05, 3.63) is 65.9 Å². The smallest absolute Gasteiger partial charge is 0.245 e. The molecule has 28 heavy (non-hydrogen) atoms. The number of ether oxygens (including phenoxy) is 1. The first-order chi connectivity index (χ1) is 13.7. The van der Waals surface area contributed by atoms with Gasteiger partial charge in [0.2, 0.25) is 11.8 Å². The van der Waals surface area contributed by atoms with Gasteiger partial charge in [-0.3, -0.25) is 14.5 Å². The molecule has 5 atom stereocenters. The molecule has 0 spiro atoms. The van der Waals surface area contributed by atoms with Crippen molar-refractivity contribution < 1.29 is 19.2 Å². The van der Waals surface area contributed by atoms with Crippen LogP contribution in [0.25, 0.3) is 6.08 Å². The summed E-state index contributed by atoms with van der Waals surface area (Å²) in [6, 6.07) is 16.2. The lowest BCUT2D eigenvalue weighted by atomic mass is 9.85. The number of methoxy groups -OCH3 is 1. The fourth-order valence-electron chi connectivity index (χ4n) is 4.87. The van der Waals surface area contributed by atoms with Crippen LogP contribution in [-0.2, 0) is 9.59 Å². The summed E-state index contributed by atoms with van der Waals surface area (Å²) in [7, 11) is 1.56. The SMILES string of the molecule is COc1ccc(N2C(=O)[C@@H]3[C@H](C2=O)[C@H](C#N)[NH+]2C=Cc4ccccc4[C@H]32)cc1. The lowest BCUT2D eigenvalue weighted by Crippen LogP contribution is -3.10. The van der Waals surface area contributed by atoms with Gasteiger partial charge in [0.05, 0.1) is 19.0 Å². The number of benzene rings is 2. The molecule has 138 valence electrons. The molecule has 2 saturated heterocycles. The standard InChI is InChI=1S/C22H17N3O3/c1-28-15-8-6-14(7-9-15)25-21(26)18-17(12-23)24-11-10-13-4-2-3-5-16(13)20(24)19(18)22(25)27/h2-11,17-20H,1H3/p+1/t17-,18+,19+,20+/m0/s1. The molecule has 6 nitrogen and oxygen atoms in total. The summed E-state index contributed by atoms with van der Waals surface area (Å²) < 4.78 is 5.16. The van der Waals surface area contributed by atoms with Gasteiger partial charge in [-0.25, -0.2) is 4.90 Å². The van der Waals surface area contributed by atoms with E-state index in [1.807, 2.05) is 36.5 Å². The Morgan fingerprint density at radius 1 is 1.04 bits per heavy atom. The molecule has 6 heteroatoms. The van der Waals surface area contributed by atoms with Crippen molar-refractivity contribution in [2.45, 2.75) is 12.1 Å². The molecule has 1 N–H and O–H groups in total. The molecule has 5 rings (SSSR count). The van der Waals surface area contributed by atoms with Crippen LogP contribution in [0.3, 0.4) is 0 Å². The van der Waals surface area contributed by atoms with Crippen LogP contribution >= 0.6 is 0 Å². The average molecular weight is 372 g/mol. The molecule has 0 aliphatic carbocycles. The number of carbonyl (C=O) groups is 2. The van der Waals surface area contributed by atoms with Crippen molar-refractivity contribution in [3.63, 3.8) is 0 Å². The maximum absolute atomic E-state index is 13.4. The molecule has 0 saturated carbocycles. The number of anilines is 1. The van der Waals surface area contributed by atoms with E-state index in [1.165, 1.54) is 4.90 Å². The fraction of sp³-hybridized carbons (Fsp3) is 0.227. The molecule has 3 aliphatic rings. The number of rotatable bonds is 2. The molecule has 0 radical (unpaired) electrons. The third kappa shape index (κ3) is 2.11. The minimum atomic E-state index is -0.643. The second kappa shape index (κ2) is 6.04. The van der Waals surface area contributed by atoms with E-state index in [9.17, 15) is 14.9 Å². The minimum absolute atomic E-state index is 0.226. The van der Waals surface area contributed by atoms with Crippen LogP contribution in [0.2, 0.25) is 0 Å². The van der Waals surface area contributed by atoms with Gasteiger partial charge in [0.1, 0.15) is 29.7 Å². The largest absolute Gasteiger partial charge is 0.497 e. The van der Waals surface area contributed by atoms with E-state index in [0.717, 1.165) is 16.0 Å². The summed E-state index contributed by atoms with van der Waals surface area (Å²) in [6.07, 6.45) is 3.90. The van der Waals surface area contributed by atoms with E-state index in [2.05, 4.69) is 6.07 Å². The third-order valence-electron chi connectivity index (χ3n) is 6.09. The predicted octanol–water partition coefficient (Wildman–Crippen LogP) is 1.32. The number of fused-ring (bicyclic) bond motifs is 5. The Balaban J connectivity index is 1.60. The molecule has 1 unspecified atom stereocenters. The first kappa shape index (κ1) is 16.7. The number of quaternary nitrogens is 1. The zero-order chi connectivity index (χ0) is 19.4. The number of hydrogen-bond acceptors (Lipinski definition) is 4. The number of carbonyl (C=O) groups excluding carboxylic acids is 2. The lowest BCUT2D eigenvalue weighted by molar-refractivity contribution is -0.885. The van der Waals surface area contributed by atoms with Crippen molar-refractivity contribution in [1.82, 2.24) is 0 Å². The van der Waals surface area contributed by atoms with Gasteiger partial charge in [0.25, 0.3) is 0 Å². The van der Waals surface area contributed by atoms with Crippen LogP contribution in [0.5, 0.6) is 5.75 Å². The maximum Gasteiger partial charge on any atom is 0.245 e. The Labute approximate surface area is 162 Å². The number of hydrogen-bond donors (Lipinski definition) is 1. The summed E-state index contributed by atoms with van der Waals surface area (Å²) in [5, 5.41) is 9.83. The third-order valence-corrected chi connectivity index (χ3v) is 6.09. The molecule has 2 aromatic carbocycles. The molecule has 2 fully saturated rings. The summed E-state index contributed by atoms with van der Waals surface area (Å²) >= 11 is 0. The first-order valence-corrected chi connectivity index (χ1v) is 9.21. The van der Waals surface area contributed by atoms with E-state index in [4.69, 9.17) is 4.74 Å². The zero-order valence-electron chi connectivity index (χ0n) is 15.2. The number of imide groups is 1. The molecule has 0 bridgehead atoms. The van der Waals surface area contributed by atoms with E-state index in [-0.39, 0.29) is 17.9 Å². The number of nitrogens with zero attached hydrogens (tertiary/aromatic N) is 2. The summed E-state index contributed by atoms with van der Waals surface area (Å²) in [4.78, 5) is 28.8. The second-order valence-electron chi connectivity index (χ2n) is 7.31. The number of amides is 2. The topological polar surface area (TPSA) is 74.8 Å². The Morgan fingerprint density at radius 3 is 2.46 bits per heavy atom. The summed E-state index contributed by atoms with van der Waals surface area (Å²) in [5.41, 5.74) is 2.57. The van der Waals surface area contributed by atoms with Gasteiger partial charge in [0.15, 0.2) is 6.04 Å². The highest BCUT2D eigenvalue weighted by Gasteiger charge is 2.66. The highest BCUT2D eigenvalue weighted by molar-refractivity contribution is 6.22. The summed E-state index contributed by atoms with van der Waals surface area (Å²) in [5.74, 6) is -1.05. The number of nitrogens with one attached hydrogen (secondary N) is 1. The molecular formula is C22H18N3O3+.